The number of hydrogen-bond donors (Lipinski definition) is 2. The van der Waals surface area contributed by atoms with Crippen molar-refractivity contribution in [1.82, 2.24) is 15.2 Å². The molecule has 102 valence electrons. The van der Waals surface area contributed by atoms with Crippen molar-refractivity contribution in [3.05, 3.63) is 52.8 Å². The van der Waals surface area contributed by atoms with E-state index in [-0.39, 0.29) is 6.04 Å². The first kappa shape index (κ1) is 13.8. The second-order valence-electron chi connectivity index (χ2n) is 4.93. The van der Waals surface area contributed by atoms with Gasteiger partial charge in [0.25, 0.3) is 0 Å². The minimum atomic E-state index is -0.00879. The number of benzene rings is 1. The van der Waals surface area contributed by atoms with E-state index in [1.165, 1.54) is 16.7 Å². The molecule has 1 heterocycles. The molecule has 2 rings (SSSR count). The van der Waals surface area contributed by atoms with Crippen molar-refractivity contribution in [2.75, 3.05) is 0 Å². The van der Waals surface area contributed by atoms with Gasteiger partial charge in [0.1, 0.15) is 0 Å². The molecular formula is C15H22N4. The summed E-state index contributed by atoms with van der Waals surface area (Å²) in [5, 5.41) is 4.37. The van der Waals surface area contributed by atoms with Crippen LogP contribution in [0.15, 0.2) is 30.6 Å². The van der Waals surface area contributed by atoms with Crippen LogP contribution in [-0.2, 0) is 6.54 Å². The molecule has 0 radical (unpaired) electrons. The van der Waals surface area contributed by atoms with E-state index in [0.717, 1.165) is 18.5 Å². The Bertz CT molecular complexity index is 545. The summed E-state index contributed by atoms with van der Waals surface area (Å²) in [6, 6.07) is 6.29. The van der Waals surface area contributed by atoms with E-state index in [4.69, 9.17) is 5.84 Å². The highest BCUT2D eigenvalue weighted by Crippen LogP contribution is 2.25. The molecule has 19 heavy (non-hydrogen) atoms. The number of hydrogen-bond acceptors (Lipinski definition) is 3. The number of nitrogens with two attached hydrogens (primary N) is 1. The summed E-state index contributed by atoms with van der Waals surface area (Å²) < 4.78 is 1.96. The van der Waals surface area contributed by atoms with Crippen LogP contribution in [0, 0.1) is 13.8 Å². The smallest absolute Gasteiger partial charge is 0.0743 e. The molecule has 0 aliphatic heterocycles. The lowest BCUT2D eigenvalue weighted by molar-refractivity contribution is 0.597. The Kier molecular flexibility index (Phi) is 4.35. The Labute approximate surface area is 114 Å². The Hall–Kier alpha value is -1.65. The molecule has 0 saturated carbocycles. The van der Waals surface area contributed by atoms with Crippen molar-refractivity contribution >= 4 is 0 Å². The summed E-state index contributed by atoms with van der Waals surface area (Å²) in [6.45, 7) is 7.33. The third-order valence-corrected chi connectivity index (χ3v) is 3.56. The van der Waals surface area contributed by atoms with Gasteiger partial charge in [-0.25, -0.2) is 5.43 Å². The highest BCUT2D eigenvalue weighted by atomic mass is 15.3. The van der Waals surface area contributed by atoms with E-state index in [2.05, 4.69) is 55.7 Å². The molecule has 0 amide bonds. The molecule has 0 fully saturated rings. The van der Waals surface area contributed by atoms with Crippen LogP contribution in [0.1, 0.15) is 41.6 Å². The topological polar surface area (TPSA) is 55.9 Å². The van der Waals surface area contributed by atoms with E-state index in [0.29, 0.717) is 0 Å². The second kappa shape index (κ2) is 5.99. The molecule has 1 aromatic heterocycles. The van der Waals surface area contributed by atoms with E-state index in [9.17, 15) is 0 Å². The van der Waals surface area contributed by atoms with Gasteiger partial charge in [-0.05, 0) is 37.0 Å². The number of nitrogens with one attached hydrogen (secondary N) is 1. The SMILES string of the molecule is CCCn1cc(C(NN)c2cccc(C)c2C)cn1. The second-order valence-corrected chi connectivity index (χ2v) is 4.93. The highest BCUT2D eigenvalue weighted by molar-refractivity contribution is 5.39. The first-order valence-electron chi connectivity index (χ1n) is 6.72. The zero-order valence-electron chi connectivity index (χ0n) is 11.9. The van der Waals surface area contributed by atoms with E-state index >= 15 is 0 Å². The molecule has 1 atom stereocenters. The van der Waals surface area contributed by atoms with Crippen LogP contribution >= 0.6 is 0 Å². The first-order valence-corrected chi connectivity index (χ1v) is 6.72. The number of aromatic nitrogens is 2. The molecule has 0 aliphatic rings. The predicted molar refractivity (Wildman–Crippen MR) is 77.6 cm³/mol. The van der Waals surface area contributed by atoms with Crippen molar-refractivity contribution in [3.63, 3.8) is 0 Å². The third-order valence-electron chi connectivity index (χ3n) is 3.56. The molecule has 0 spiro atoms. The van der Waals surface area contributed by atoms with Crippen molar-refractivity contribution in [2.45, 2.75) is 39.8 Å². The highest BCUT2D eigenvalue weighted by Gasteiger charge is 2.17. The molecule has 0 aliphatic carbocycles. The predicted octanol–water partition coefficient (Wildman–Crippen LogP) is 2.46. The van der Waals surface area contributed by atoms with Crippen LogP contribution < -0.4 is 11.3 Å². The summed E-state index contributed by atoms with van der Waals surface area (Å²) >= 11 is 0. The average molecular weight is 258 g/mol. The van der Waals surface area contributed by atoms with E-state index in [1.807, 2.05) is 10.9 Å². The van der Waals surface area contributed by atoms with Gasteiger partial charge in [0.05, 0.1) is 12.2 Å². The van der Waals surface area contributed by atoms with Gasteiger partial charge in [-0.1, -0.05) is 25.1 Å². The third kappa shape index (κ3) is 2.85. The van der Waals surface area contributed by atoms with Crippen LogP contribution in [0.3, 0.4) is 0 Å². The molecule has 3 N–H and O–H groups in total. The van der Waals surface area contributed by atoms with Gasteiger partial charge in [0.2, 0.25) is 0 Å². The van der Waals surface area contributed by atoms with E-state index < -0.39 is 0 Å². The molecule has 4 heteroatoms. The number of aryl methyl sites for hydroxylation is 2. The summed E-state index contributed by atoms with van der Waals surface area (Å²) in [5.74, 6) is 5.75. The average Bonchev–Trinajstić information content (AvgIpc) is 2.84. The summed E-state index contributed by atoms with van der Waals surface area (Å²) in [7, 11) is 0. The first-order chi connectivity index (χ1) is 9.17. The van der Waals surface area contributed by atoms with Crippen LogP contribution in [0.5, 0.6) is 0 Å². The normalized spacial score (nSPS) is 12.6. The number of nitrogens with zero attached hydrogens (tertiary/aromatic N) is 2. The van der Waals surface area contributed by atoms with Gasteiger partial charge in [0, 0.05) is 18.3 Å². The zero-order chi connectivity index (χ0) is 13.8. The Morgan fingerprint density at radius 1 is 1.37 bits per heavy atom. The Morgan fingerprint density at radius 3 is 2.84 bits per heavy atom. The maximum absolute atomic E-state index is 5.75. The van der Waals surface area contributed by atoms with Gasteiger partial charge in [-0.3, -0.25) is 10.5 Å². The lowest BCUT2D eigenvalue weighted by Gasteiger charge is -2.18. The minimum absolute atomic E-state index is 0.00879. The Morgan fingerprint density at radius 2 is 2.16 bits per heavy atom. The summed E-state index contributed by atoms with van der Waals surface area (Å²) in [6.07, 6.45) is 5.03. The van der Waals surface area contributed by atoms with Gasteiger partial charge in [-0.15, -0.1) is 0 Å². The van der Waals surface area contributed by atoms with E-state index in [1.54, 1.807) is 0 Å². The number of rotatable bonds is 5. The van der Waals surface area contributed by atoms with Gasteiger partial charge < -0.3 is 0 Å². The largest absolute Gasteiger partial charge is 0.272 e. The molecule has 2 aromatic rings. The maximum atomic E-state index is 5.75. The fourth-order valence-corrected chi connectivity index (χ4v) is 2.33. The maximum Gasteiger partial charge on any atom is 0.0743 e. The van der Waals surface area contributed by atoms with Crippen molar-refractivity contribution in [3.8, 4) is 0 Å². The van der Waals surface area contributed by atoms with Crippen LogP contribution in [-0.4, -0.2) is 9.78 Å². The zero-order valence-corrected chi connectivity index (χ0v) is 11.9. The van der Waals surface area contributed by atoms with Gasteiger partial charge in [-0.2, -0.15) is 5.10 Å². The molecule has 1 unspecified atom stereocenters. The Balaban J connectivity index is 2.35. The van der Waals surface area contributed by atoms with Crippen LogP contribution in [0.4, 0.5) is 0 Å². The van der Waals surface area contributed by atoms with Crippen LogP contribution in [0.2, 0.25) is 0 Å². The molecular weight excluding hydrogens is 236 g/mol. The molecule has 0 saturated heterocycles. The molecule has 4 nitrogen and oxygen atoms in total. The van der Waals surface area contributed by atoms with Crippen LogP contribution in [0.25, 0.3) is 0 Å². The lowest BCUT2D eigenvalue weighted by Crippen LogP contribution is -2.29. The van der Waals surface area contributed by atoms with Gasteiger partial charge >= 0.3 is 0 Å². The fraction of sp³-hybridized carbons (Fsp3) is 0.400. The summed E-state index contributed by atoms with van der Waals surface area (Å²) in [5.41, 5.74) is 7.76. The number of hydrazine groups is 1. The standard InChI is InChI=1S/C15H22N4/c1-4-8-19-10-13(9-17-19)15(18-16)14-7-5-6-11(2)12(14)3/h5-7,9-10,15,18H,4,8,16H2,1-3H3. The van der Waals surface area contributed by atoms with Crippen molar-refractivity contribution in [1.29, 1.82) is 0 Å². The summed E-state index contributed by atoms with van der Waals surface area (Å²) in [4.78, 5) is 0. The van der Waals surface area contributed by atoms with Crippen molar-refractivity contribution < 1.29 is 0 Å². The fourth-order valence-electron chi connectivity index (χ4n) is 2.33. The molecule has 0 bridgehead atoms. The van der Waals surface area contributed by atoms with Crippen molar-refractivity contribution in [2.24, 2.45) is 5.84 Å². The monoisotopic (exact) mass is 258 g/mol. The lowest BCUT2D eigenvalue weighted by atomic mass is 9.95. The van der Waals surface area contributed by atoms with Gasteiger partial charge in [0.15, 0.2) is 0 Å². The minimum Gasteiger partial charge on any atom is -0.272 e. The quantitative estimate of drug-likeness (QED) is 0.640. The molecule has 1 aromatic carbocycles.